The maximum Gasteiger partial charge on any atom is 0.252 e. The monoisotopic (exact) mass is 372 g/mol. The number of hydrogen-bond donors (Lipinski definition) is 2. The van der Waals surface area contributed by atoms with Gasteiger partial charge in [0, 0.05) is 13.1 Å². The average molecular weight is 372 g/mol. The molecule has 3 aromatic rings. The Kier molecular flexibility index (Phi) is 6.22. The zero-order valence-corrected chi connectivity index (χ0v) is 16.2. The van der Waals surface area contributed by atoms with Crippen LogP contribution in [0.1, 0.15) is 43.0 Å². The van der Waals surface area contributed by atoms with E-state index in [9.17, 15) is 9.59 Å². The topological polar surface area (TPSA) is 58.2 Å². The van der Waals surface area contributed by atoms with Gasteiger partial charge in [-0.2, -0.15) is 0 Å². The molecule has 0 aliphatic heterocycles. The summed E-state index contributed by atoms with van der Waals surface area (Å²) in [5.74, 6) is -0.525. The van der Waals surface area contributed by atoms with Crippen molar-refractivity contribution in [3.8, 4) is 0 Å². The van der Waals surface area contributed by atoms with E-state index in [4.69, 9.17) is 0 Å². The number of aryl methyl sites for hydroxylation is 2. The van der Waals surface area contributed by atoms with Crippen LogP contribution < -0.4 is 10.6 Å². The van der Waals surface area contributed by atoms with E-state index in [-0.39, 0.29) is 11.8 Å². The number of carbonyl (C=O) groups is 2. The summed E-state index contributed by atoms with van der Waals surface area (Å²) in [6.07, 6.45) is 0. The Balaban J connectivity index is 1.65. The van der Waals surface area contributed by atoms with Crippen molar-refractivity contribution in [3.63, 3.8) is 0 Å². The van der Waals surface area contributed by atoms with Crippen LogP contribution in [0.5, 0.6) is 0 Å². The Labute approximate surface area is 165 Å². The number of rotatable bonds is 6. The van der Waals surface area contributed by atoms with E-state index in [0.717, 1.165) is 11.1 Å². The molecule has 28 heavy (non-hydrogen) atoms. The summed E-state index contributed by atoms with van der Waals surface area (Å²) in [5.41, 5.74) is 5.11. The van der Waals surface area contributed by atoms with Crippen molar-refractivity contribution >= 4 is 11.8 Å². The molecule has 0 radical (unpaired) electrons. The van der Waals surface area contributed by atoms with Gasteiger partial charge < -0.3 is 10.6 Å². The summed E-state index contributed by atoms with van der Waals surface area (Å²) < 4.78 is 0. The molecule has 0 atom stereocenters. The maximum absolute atomic E-state index is 12.6. The van der Waals surface area contributed by atoms with Gasteiger partial charge in [0.1, 0.15) is 0 Å². The lowest BCUT2D eigenvalue weighted by Gasteiger charge is -2.11. The Morgan fingerprint density at radius 1 is 0.607 bits per heavy atom. The second kappa shape index (κ2) is 9.00. The molecule has 0 spiro atoms. The van der Waals surface area contributed by atoms with Crippen molar-refractivity contribution in [1.29, 1.82) is 0 Å². The van der Waals surface area contributed by atoms with Crippen LogP contribution in [0.2, 0.25) is 0 Å². The first-order valence-corrected chi connectivity index (χ1v) is 9.29. The standard InChI is InChI=1S/C24H24N2O2/c1-17-7-11-19(12-8-17)15-25-23(27)21-5-3-4-6-22(21)24(28)26-16-20-13-9-18(2)10-14-20/h3-14H,15-16H2,1-2H3,(H,25,27)(H,26,28). The molecule has 4 nitrogen and oxygen atoms in total. The number of carbonyl (C=O) groups excluding carboxylic acids is 2. The highest BCUT2D eigenvalue weighted by Gasteiger charge is 2.16. The van der Waals surface area contributed by atoms with E-state index in [2.05, 4.69) is 10.6 Å². The predicted molar refractivity (Wildman–Crippen MR) is 111 cm³/mol. The summed E-state index contributed by atoms with van der Waals surface area (Å²) >= 11 is 0. The lowest BCUT2D eigenvalue weighted by atomic mass is 10.1. The molecular weight excluding hydrogens is 348 g/mol. The van der Waals surface area contributed by atoms with Crippen molar-refractivity contribution in [1.82, 2.24) is 10.6 Å². The van der Waals surface area contributed by atoms with E-state index in [0.29, 0.717) is 24.2 Å². The third kappa shape index (κ3) is 5.07. The van der Waals surface area contributed by atoms with Gasteiger partial charge in [-0.3, -0.25) is 9.59 Å². The van der Waals surface area contributed by atoms with Crippen molar-refractivity contribution < 1.29 is 9.59 Å². The first-order chi connectivity index (χ1) is 13.5. The van der Waals surface area contributed by atoms with Crippen LogP contribution in [0, 0.1) is 13.8 Å². The molecule has 0 fully saturated rings. The molecule has 0 bridgehead atoms. The Hall–Kier alpha value is -3.40. The minimum Gasteiger partial charge on any atom is -0.348 e. The highest BCUT2D eigenvalue weighted by atomic mass is 16.2. The van der Waals surface area contributed by atoms with Crippen LogP contribution in [0.25, 0.3) is 0 Å². The molecule has 0 saturated carbocycles. The van der Waals surface area contributed by atoms with Gasteiger partial charge in [0.25, 0.3) is 11.8 Å². The fraction of sp³-hybridized carbons (Fsp3) is 0.167. The highest BCUT2D eigenvalue weighted by Crippen LogP contribution is 2.11. The Bertz CT molecular complexity index is 880. The van der Waals surface area contributed by atoms with Gasteiger partial charge in [0.2, 0.25) is 0 Å². The molecule has 3 aromatic carbocycles. The SMILES string of the molecule is Cc1ccc(CNC(=O)c2ccccc2C(=O)NCc2ccc(C)cc2)cc1. The van der Waals surface area contributed by atoms with Crippen molar-refractivity contribution in [2.24, 2.45) is 0 Å². The number of hydrogen-bond acceptors (Lipinski definition) is 2. The second-order valence-corrected chi connectivity index (χ2v) is 6.88. The normalized spacial score (nSPS) is 10.4. The van der Waals surface area contributed by atoms with Crippen molar-refractivity contribution in [2.75, 3.05) is 0 Å². The summed E-state index contributed by atoms with van der Waals surface area (Å²) in [4.78, 5) is 25.3. The van der Waals surface area contributed by atoms with Crippen LogP contribution in [0.15, 0.2) is 72.8 Å². The van der Waals surface area contributed by atoms with Crippen LogP contribution in [0.4, 0.5) is 0 Å². The first-order valence-electron chi connectivity index (χ1n) is 9.29. The van der Waals surface area contributed by atoms with E-state index in [1.54, 1.807) is 24.3 Å². The van der Waals surface area contributed by atoms with Crippen LogP contribution >= 0.6 is 0 Å². The fourth-order valence-electron chi connectivity index (χ4n) is 2.85. The smallest absolute Gasteiger partial charge is 0.252 e. The minimum atomic E-state index is -0.262. The third-order valence-electron chi connectivity index (χ3n) is 4.56. The molecule has 0 aliphatic rings. The number of nitrogens with one attached hydrogen (secondary N) is 2. The van der Waals surface area contributed by atoms with Gasteiger partial charge in [-0.25, -0.2) is 0 Å². The Morgan fingerprint density at radius 2 is 0.964 bits per heavy atom. The summed E-state index contributed by atoms with van der Waals surface area (Å²) in [7, 11) is 0. The van der Waals surface area contributed by atoms with Crippen LogP contribution in [0.3, 0.4) is 0 Å². The van der Waals surface area contributed by atoms with E-state index in [1.165, 1.54) is 11.1 Å². The van der Waals surface area contributed by atoms with Gasteiger partial charge in [0.15, 0.2) is 0 Å². The van der Waals surface area contributed by atoms with E-state index in [1.807, 2.05) is 62.4 Å². The minimum absolute atomic E-state index is 0.262. The van der Waals surface area contributed by atoms with Gasteiger partial charge in [0.05, 0.1) is 11.1 Å². The average Bonchev–Trinajstić information content (AvgIpc) is 2.72. The zero-order chi connectivity index (χ0) is 19.9. The Morgan fingerprint density at radius 3 is 1.32 bits per heavy atom. The molecule has 2 amide bonds. The summed E-state index contributed by atoms with van der Waals surface area (Å²) in [6.45, 7) is 4.87. The molecule has 2 N–H and O–H groups in total. The van der Waals surface area contributed by atoms with E-state index >= 15 is 0 Å². The maximum atomic E-state index is 12.6. The second-order valence-electron chi connectivity index (χ2n) is 6.88. The molecule has 3 rings (SSSR count). The van der Waals surface area contributed by atoms with E-state index < -0.39 is 0 Å². The summed E-state index contributed by atoms with van der Waals surface area (Å²) in [6, 6.07) is 22.8. The molecule has 4 heteroatoms. The molecule has 0 aromatic heterocycles. The predicted octanol–water partition coefficient (Wildman–Crippen LogP) is 4.16. The highest BCUT2D eigenvalue weighted by molar-refractivity contribution is 6.07. The molecule has 0 heterocycles. The van der Waals surface area contributed by atoms with Crippen LogP contribution in [-0.4, -0.2) is 11.8 Å². The summed E-state index contributed by atoms with van der Waals surface area (Å²) in [5, 5.41) is 5.78. The van der Waals surface area contributed by atoms with Gasteiger partial charge in [-0.1, -0.05) is 71.8 Å². The molecule has 142 valence electrons. The number of benzene rings is 3. The molecular formula is C24H24N2O2. The van der Waals surface area contributed by atoms with Crippen LogP contribution in [-0.2, 0) is 13.1 Å². The zero-order valence-electron chi connectivity index (χ0n) is 16.2. The van der Waals surface area contributed by atoms with Crippen molar-refractivity contribution in [2.45, 2.75) is 26.9 Å². The fourth-order valence-corrected chi connectivity index (χ4v) is 2.85. The number of amides is 2. The lowest BCUT2D eigenvalue weighted by Crippen LogP contribution is -2.29. The third-order valence-corrected chi connectivity index (χ3v) is 4.56. The van der Waals surface area contributed by atoms with Gasteiger partial charge in [-0.05, 0) is 37.1 Å². The molecule has 0 unspecified atom stereocenters. The quantitative estimate of drug-likeness (QED) is 0.682. The molecule has 0 saturated heterocycles. The lowest BCUT2D eigenvalue weighted by molar-refractivity contribution is 0.0916. The molecule has 0 aliphatic carbocycles. The van der Waals surface area contributed by atoms with Gasteiger partial charge >= 0.3 is 0 Å². The first kappa shape index (κ1) is 19.4. The van der Waals surface area contributed by atoms with Crippen molar-refractivity contribution in [3.05, 3.63) is 106 Å². The largest absolute Gasteiger partial charge is 0.348 e. The van der Waals surface area contributed by atoms with Gasteiger partial charge in [-0.15, -0.1) is 0 Å².